The summed E-state index contributed by atoms with van der Waals surface area (Å²) in [5, 5.41) is 0.912. The first kappa shape index (κ1) is 11.5. The highest BCUT2D eigenvalue weighted by Crippen LogP contribution is 2.29. The van der Waals surface area contributed by atoms with Crippen molar-refractivity contribution in [3.05, 3.63) is 57.6 Å². The van der Waals surface area contributed by atoms with Gasteiger partial charge in [-0.1, -0.05) is 30.3 Å². The van der Waals surface area contributed by atoms with E-state index in [9.17, 15) is 4.79 Å². The van der Waals surface area contributed by atoms with E-state index in [4.69, 9.17) is 0 Å². The number of rotatable bonds is 3. The monoisotopic (exact) mass is 258 g/mol. The van der Waals surface area contributed by atoms with Gasteiger partial charge in [-0.25, -0.2) is 4.79 Å². The van der Waals surface area contributed by atoms with Gasteiger partial charge in [-0.15, -0.1) is 11.8 Å². The first-order chi connectivity index (χ1) is 8.83. The van der Waals surface area contributed by atoms with Gasteiger partial charge in [0.2, 0.25) is 0 Å². The van der Waals surface area contributed by atoms with Crippen LogP contribution in [-0.2, 0) is 18.6 Å². The third-order valence-electron chi connectivity index (χ3n) is 3.16. The number of H-pyrrole nitrogens is 1. The predicted octanol–water partition coefficient (Wildman–Crippen LogP) is 2.55. The molecule has 0 saturated heterocycles. The largest absolute Gasteiger partial charge is 0.346 e. The van der Waals surface area contributed by atoms with Crippen LogP contribution in [0.25, 0.3) is 0 Å². The van der Waals surface area contributed by atoms with Crippen molar-refractivity contribution in [3.63, 3.8) is 0 Å². The van der Waals surface area contributed by atoms with E-state index in [0.717, 1.165) is 35.7 Å². The van der Waals surface area contributed by atoms with E-state index in [-0.39, 0.29) is 5.69 Å². The molecule has 0 unspecified atom stereocenters. The number of fused-ring (bicyclic) bond motifs is 1. The van der Waals surface area contributed by atoms with Crippen LogP contribution in [0.15, 0.2) is 40.2 Å². The molecule has 1 aromatic carbocycles. The van der Waals surface area contributed by atoms with Gasteiger partial charge in [-0.05, 0) is 24.8 Å². The number of aromatic nitrogens is 2. The van der Waals surface area contributed by atoms with E-state index in [0.29, 0.717) is 0 Å². The zero-order valence-electron chi connectivity index (χ0n) is 9.98. The predicted molar refractivity (Wildman–Crippen MR) is 72.9 cm³/mol. The lowest BCUT2D eigenvalue weighted by Gasteiger charge is -2.06. The van der Waals surface area contributed by atoms with Crippen LogP contribution in [0.3, 0.4) is 0 Å². The quantitative estimate of drug-likeness (QED) is 0.680. The van der Waals surface area contributed by atoms with E-state index in [1.165, 1.54) is 11.1 Å². The Hall–Kier alpha value is -1.55. The van der Waals surface area contributed by atoms with Gasteiger partial charge in [0.25, 0.3) is 0 Å². The minimum absolute atomic E-state index is 0.216. The fourth-order valence-electron chi connectivity index (χ4n) is 2.28. The fraction of sp³-hybridized carbons (Fsp3) is 0.286. The Labute approximate surface area is 110 Å². The Bertz CT molecular complexity index is 607. The summed E-state index contributed by atoms with van der Waals surface area (Å²) in [5.74, 6) is 0.865. The molecule has 1 aromatic heterocycles. The van der Waals surface area contributed by atoms with Crippen LogP contribution in [0.1, 0.15) is 23.2 Å². The first-order valence-electron chi connectivity index (χ1n) is 6.12. The zero-order valence-corrected chi connectivity index (χ0v) is 10.8. The SMILES string of the molecule is O=c1nc(SCc2ccccc2)c2c([nH]1)CCC2. The molecule has 0 fully saturated rings. The molecule has 4 heteroatoms. The van der Waals surface area contributed by atoms with Crippen molar-refractivity contribution >= 4 is 11.8 Å². The van der Waals surface area contributed by atoms with Gasteiger partial charge >= 0.3 is 5.69 Å². The highest BCUT2D eigenvalue weighted by molar-refractivity contribution is 7.98. The Morgan fingerprint density at radius 1 is 1.22 bits per heavy atom. The maximum Gasteiger partial charge on any atom is 0.346 e. The van der Waals surface area contributed by atoms with Gasteiger partial charge < -0.3 is 4.98 Å². The van der Waals surface area contributed by atoms with Gasteiger partial charge in [-0.2, -0.15) is 4.98 Å². The van der Waals surface area contributed by atoms with Crippen LogP contribution in [0.4, 0.5) is 0 Å². The van der Waals surface area contributed by atoms with Crippen LogP contribution in [0.5, 0.6) is 0 Å². The number of aromatic amines is 1. The molecule has 1 N–H and O–H groups in total. The molecule has 1 aliphatic rings. The minimum atomic E-state index is -0.216. The molecule has 1 aliphatic carbocycles. The molecule has 3 nitrogen and oxygen atoms in total. The summed E-state index contributed by atoms with van der Waals surface area (Å²) in [5.41, 5.74) is 3.38. The molecule has 3 rings (SSSR count). The molecule has 0 spiro atoms. The number of benzene rings is 1. The smallest absolute Gasteiger partial charge is 0.309 e. The van der Waals surface area contributed by atoms with Crippen LogP contribution in [0, 0.1) is 0 Å². The molecule has 2 aromatic rings. The summed E-state index contributed by atoms with van der Waals surface area (Å²) in [4.78, 5) is 18.4. The molecule has 0 amide bonds. The molecule has 92 valence electrons. The maximum absolute atomic E-state index is 11.5. The number of hydrogen-bond donors (Lipinski definition) is 1. The van der Waals surface area contributed by atoms with Crippen LogP contribution >= 0.6 is 11.8 Å². The highest BCUT2D eigenvalue weighted by Gasteiger charge is 2.17. The van der Waals surface area contributed by atoms with Crippen molar-refractivity contribution in [2.75, 3.05) is 0 Å². The third kappa shape index (κ3) is 2.34. The summed E-state index contributed by atoms with van der Waals surface area (Å²) >= 11 is 1.66. The number of aryl methyl sites for hydroxylation is 1. The second-order valence-corrected chi connectivity index (χ2v) is 5.40. The minimum Gasteiger partial charge on any atom is -0.309 e. The van der Waals surface area contributed by atoms with Gasteiger partial charge in [0, 0.05) is 17.0 Å². The van der Waals surface area contributed by atoms with Gasteiger partial charge in [0.1, 0.15) is 5.03 Å². The number of thioether (sulfide) groups is 1. The molecule has 0 radical (unpaired) electrons. The van der Waals surface area contributed by atoms with E-state index in [1.54, 1.807) is 11.8 Å². The molecule has 0 aliphatic heterocycles. The van der Waals surface area contributed by atoms with E-state index >= 15 is 0 Å². The van der Waals surface area contributed by atoms with Crippen LogP contribution in [-0.4, -0.2) is 9.97 Å². The molecule has 0 atom stereocenters. The highest BCUT2D eigenvalue weighted by atomic mass is 32.2. The normalized spacial score (nSPS) is 13.6. The average Bonchev–Trinajstić information content (AvgIpc) is 2.85. The summed E-state index contributed by atoms with van der Waals surface area (Å²) in [7, 11) is 0. The summed E-state index contributed by atoms with van der Waals surface area (Å²) < 4.78 is 0. The molecule has 0 saturated carbocycles. The van der Waals surface area contributed by atoms with Gasteiger partial charge in [0.05, 0.1) is 0 Å². The molecule has 18 heavy (non-hydrogen) atoms. The third-order valence-corrected chi connectivity index (χ3v) is 4.24. The average molecular weight is 258 g/mol. The van der Waals surface area contributed by atoms with Crippen molar-refractivity contribution in [1.29, 1.82) is 0 Å². The van der Waals surface area contributed by atoms with Gasteiger partial charge in [-0.3, -0.25) is 0 Å². The second kappa shape index (κ2) is 4.98. The maximum atomic E-state index is 11.5. The summed E-state index contributed by atoms with van der Waals surface area (Å²) in [6.45, 7) is 0. The van der Waals surface area contributed by atoms with Crippen molar-refractivity contribution in [3.8, 4) is 0 Å². The van der Waals surface area contributed by atoms with Crippen LogP contribution < -0.4 is 5.69 Å². The second-order valence-electron chi connectivity index (χ2n) is 4.43. The summed E-state index contributed by atoms with van der Waals surface area (Å²) in [6, 6.07) is 10.3. The Morgan fingerprint density at radius 3 is 2.89 bits per heavy atom. The van der Waals surface area contributed by atoms with Gasteiger partial charge in [0.15, 0.2) is 0 Å². The van der Waals surface area contributed by atoms with E-state index in [1.807, 2.05) is 18.2 Å². The first-order valence-corrected chi connectivity index (χ1v) is 7.10. The Balaban J connectivity index is 1.83. The summed E-state index contributed by atoms with van der Waals surface area (Å²) in [6.07, 6.45) is 3.14. The van der Waals surface area contributed by atoms with E-state index < -0.39 is 0 Å². The number of nitrogens with zero attached hydrogens (tertiary/aromatic N) is 1. The Morgan fingerprint density at radius 2 is 2.06 bits per heavy atom. The standard InChI is InChI=1S/C14H14N2OS/c17-14-15-12-8-4-7-11(12)13(16-14)18-9-10-5-2-1-3-6-10/h1-3,5-6H,4,7-9H2,(H,15,16,17). The van der Waals surface area contributed by atoms with E-state index in [2.05, 4.69) is 22.1 Å². The zero-order chi connectivity index (χ0) is 12.4. The number of nitrogens with one attached hydrogen (secondary N) is 1. The number of hydrogen-bond acceptors (Lipinski definition) is 3. The molecule has 1 heterocycles. The topological polar surface area (TPSA) is 45.8 Å². The van der Waals surface area contributed by atoms with Crippen molar-refractivity contribution in [2.45, 2.75) is 30.0 Å². The Kier molecular flexibility index (Phi) is 3.19. The lowest BCUT2D eigenvalue weighted by atomic mass is 10.2. The van der Waals surface area contributed by atoms with Crippen molar-refractivity contribution in [2.24, 2.45) is 0 Å². The molecular weight excluding hydrogens is 244 g/mol. The molecular formula is C14H14N2OS. The van der Waals surface area contributed by atoms with Crippen molar-refractivity contribution in [1.82, 2.24) is 9.97 Å². The van der Waals surface area contributed by atoms with Crippen molar-refractivity contribution < 1.29 is 0 Å². The lowest BCUT2D eigenvalue weighted by molar-refractivity contribution is 0.895. The molecule has 0 bridgehead atoms. The van der Waals surface area contributed by atoms with Crippen LogP contribution in [0.2, 0.25) is 0 Å². The lowest BCUT2D eigenvalue weighted by Crippen LogP contribution is -2.14. The fourth-order valence-corrected chi connectivity index (χ4v) is 3.32.